The van der Waals surface area contributed by atoms with Gasteiger partial charge in [-0.25, -0.2) is 4.39 Å². The van der Waals surface area contributed by atoms with Gasteiger partial charge in [-0.15, -0.1) is 0 Å². The molecule has 1 aromatic rings. The number of rotatable bonds is 2. The molecule has 0 spiro atoms. The molecule has 1 fully saturated rings. The molecule has 6 nitrogen and oxygen atoms in total. The summed E-state index contributed by atoms with van der Waals surface area (Å²) in [5.41, 5.74) is -0.521. The molecular formula is C12H11FN2O4. The second-order valence-corrected chi connectivity index (χ2v) is 4.11. The van der Waals surface area contributed by atoms with Crippen LogP contribution < -0.4 is 10.6 Å². The van der Waals surface area contributed by atoms with E-state index in [1.165, 1.54) is 12.1 Å². The van der Waals surface area contributed by atoms with Gasteiger partial charge in [0.25, 0.3) is 5.91 Å². The summed E-state index contributed by atoms with van der Waals surface area (Å²) in [5, 5.41) is 13.8. The number of benzene rings is 1. The van der Waals surface area contributed by atoms with Crippen LogP contribution in [0, 0.1) is 5.82 Å². The van der Waals surface area contributed by atoms with Crippen LogP contribution in [0.3, 0.4) is 0 Å². The number of phenols is 1. The van der Waals surface area contributed by atoms with Crippen LogP contribution >= 0.6 is 0 Å². The zero-order valence-electron chi connectivity index (χ0n) is 9.77. The van der Waals surface area contributed by atoms with E-state index in [9.17, 15) is 23.9 Å². The van der Waals surface area contributed by atoms with E-state index in [2.05, 4.69) is 10.6 Å². The largest absolute Gasteiger partial charge is 0.507 e. The molecule has 0 aliphatic carbocycles. The third-order valence-corrected chi connectivity index (χ3v) is 2.76. The number of halogens is 1. The van der Waals surface area contributed by atoms with Gasteiger partial charge >= 0.3 is 0 Å². The van der Waals surface area contributed by atoms with E-state index in [4.69, 9.17) is 0 Å². The highest BCUT2D eigenvalue weighted by atomic mass is 19.1. The van der Waals surface area contributed by atoms with Crippen molar-refractivity contribution in [3.8, 4) is 5.75 Å². The first-order chi connectivity index (χ1) is 8.99. The molecule has 0 saturated carbocycles. The van der Waals surface area contributed by atoms with E-state index in [0.717, 1.165) is 6.07 Å². The number of carbonyl (C=O) groups excluding carboxylic acids is 3. The lowest BCUT2D eigenvalue weighted by Gasteiger charge is -2.22. The molecule has 2 rings (SSSR count). The SMILES string of the molecule is O=C1CCC(NC(=O)c2c(O)cccc2F)C(=O)N1. The van der Waals surface area contributed by atoms with Gasteiger partial charge in [0.1, 0.15) is 23.2 Å². The van der Waals surface area contributed by atoms with Gasteiger partial charge in [0, 0.05) is 6.42 Å². The number of nitrogens with one attached hydrogen (secondary N) is 2. The standard InChI is InChI=1S/C12H11FN2O4/c13-6-2-1-3-8(16)10(6)12(19)14-7-4-5-9(17)15-11(7)18/h1-3,7,16H,4-5H2,(H,14,19)(H,15,17,18). The van der Waals surface area contributed by atoms with E-state index >= 15 is 0 Å². The number of phenolic OH excluding ortho intramolecular Hbond substituents is 1. The summed E-state index contributed by atoms with van der Waals surface area (Å²) in [7, 11) is 0. The van der Waals surface area contributed by atoms with Crippen molar-refractivity contribution in [2.24, 2.45) is 0 Å². The predicted molar refractivity (Wildman–Crippen MR) is 61.7 cm³/mol. The Morgan fingerprint density at radius 3 is 2.79 bits per heavy atom. The first-order valence-electron chi connectivity index (χ1n) is 5.61. The lowest BCUT2D eigenvalue weighted by molar-refractivity contribution is -0.134. The highest BCUT2D eigenvalue weighted by Gasteiger charge is 2.29. The average molecular weight is 266 g/mol. The van der Waals surface area contributed by atoms with Crippen molar-refractivity contribution < 1.29 is 23.9 Å². The maximum absolute atomic E-state index is 13.4. The zero-order chi connectivity index (χ0) is 14.0. The predicted octanol–water partition coefficient (Wildman–Crippen LogP) is 0.0663. The molecule has 1 atom stereocenters. The van der Waals surface area contributed by atoms with Gasteiger partial charge in [-0.3, -0.25) is 19.7 Å². The van der Waals surface area contributed by atoms with E-state index in [1.807, 2.05) is 0 Å². The van der Waals surface area contributed by atoms with Gasteiger partial charge in [0.15, 0.2) is 0 Å². The van der Waals surface area contributed by atoms with Crippen molar-refractivity contribution in [2.45, 2.75) is 18.9 Å². The molecule has 1 aromatic carbocycles. The van der Waals surface area contributed by atoms with E-state index in [1.54, 1.807) is 0 Å². The van der Waals surface area contributed by atoms with Crippen LogP contribution in [0.15, 0.2) is 18.2 Å². The van der Waals surface area contributed by atoms with E-state index in [0.29, 0.717) is 0 Å². The Hall–Kier alpha value is -2.44. The van der Waals surface area contributed by atoms with Crippen molar-refractivity contribution in [1.29, 1.82) is 0 Å². The van der Waals surface area contributed by atoms with Crippen LogP contribution in [0.4, 0.5) is 4.39 Å². The van der Waals surface area contributed by atoms with Crippen molar-refractivity contribution in [2.75, 3.05) is 0 Å². The summed E-state index contributed by atoms with van der Waals surface area (Å²) in [4.78, 5) is 34.2. The minimum Gasteiger partial charge on any atom is -0.507 e. The molecule has 0 bridgehead atoms. The van der Waals surface area contributed by atoms with Crippen LogP contribution in [0.1, 0.15) is 23.2 Å². The van der Waals surface area contributed by atoms with Crippen molar-refractivity contribution in [3.05, 3.63) is 29.6 Å². The molecule has 3 N–H and O–H groups in total. The van der Waals surface area contributed by atoms with E-state index in [-0.39, 0.29) is 12.8 Å². The number of imide groups is 1. The monoisotopic (exact) mass is 266 g/mol. The topological polar surface area (TPSA) is 95.5 Å². The van der Waals surface area contributed by atoms with Gasteiger partial charge in [0.05, 0.1) is 0 Å². The second kappa shape index (κ2) is 5.05. The maximum atomic E-state index is 13.4. The Bertz CT molecular complexity index is 538. The van der Waals surface area contributed by atoms with Gasteiger partial charge in [-0.2, -0.15) is 0 Å². The minimum absolute atomic E-state index is 0.0972. The van der Waals surface area contributed by atoms with Crippen LogP contribution in [0.5, 0.6) is 5.75 Å². The zero-order valence-corrected chi connectivity index (χ0v) is 9.77. The molecule has 100 valence electrons. The fourth-order valence-electron chi connectivity index (χ4n) is 1.80. The smallest absolute Gasteiger partial charge is 0.258 e. The molecule has 1 aliphatic rings. The van der Waals surface area contributed by atoms with Crippen LogP contribution in [0.25, 0.3) is 0 Å². The van der Waals surface area contributed by atoms with Crippen LogP contribution in [-0.2, 0) is 9.59 Å². The number of aromatic hydroxyl groups is 1. The van der Waals surface area contributed by atoms with Gasteiger partial charge in [-0.05, 0) is 18.6 Å². The minimum atomic E-state index is -0.913. The van der Waals surface area contributed by atoms with Crippen LogP contribution in [-0.4, -0.2) is 28.9 Å². The number of hydrogen-bond donors (Lipinski definition) is 3. The first-order valence-corrected chi connectivity index (χ1v) is 5.61. The van der Waals surface area contributed by atoms with Crippen LogP contribution in [0.2, 0.25) is 0 Å². The Morgan fingerprint density at radius 1 is 1.42 bits per heavy atom. The molecule has 1 unspecified atom stereocenters. The summed E-state index contributed by atoms with van der Waals surface area (Å²) in [6.45, 7) is 0. The summed E-state index contributed by atoms with van der Waals surface area (Å²) in [5.74, 6) is -3.34. The number of hydrogen-bond acceptors (Lipinski definition) is 4. The highest BCUT2D eigenvalue weighted by Crippen LogP contribution is 2.20. The molecule has 0 aromatic heterocycles. The number of carbonyl (C=O) groups is 3. The lowest BCUT2D eigenvalue weighted by atomic mass is 10.1. The molecule has 3 amide bonds. The number of piperidine rings is 1. The van der Waals surface area contributed by atoms with Crippen molar-refractivity contribution in [1.82, 2.24) is 10.6 Å². The Morgan fingerprint density at radius 2 is 2.16 bits per heavy atom. The van der Waals surface area contributed by atoms with Crippen molar-refractivity contribution >= 4 is 17.7 Å². The molecule has 1 aliphatic heterocycles. The molecular weight excluding hydrogens is 255 g/mol. The summed E-state index contributed by atoms with van der Waals surface area (Å²) in [6.07, 6.45) is 0.242. The third kappa shape index (κ3) is 2.70. The molecule has 7 heteroatoms. The first kappa shape index (κ1) is 13.0. The van der Waals surface area contributed by atoms with Gasteiger partial charge in [-0.1, -0.05) is 6.07 Å². The van der Waals surface area contributed by atoms with Crippen molar-refractivity contribution in [3.63, 3.8) is 0 Å². The third-order valence-electron chi connectivity index (χ3n) is 2.76. The van der Waals surface area contributed by atoms with E-state index < -0.39 is 40.9 Å². The Balaban J connectivity index is 2.13. The fraction of sp³-hybridized carbons (Fsp3) is 0.250. The lowest BCUT2D eigenvalue weighted by Crippen LogP contribution is -2.52. The maximum Gasteiger partial charge on any atom is 0.258 e. The summed E-state index contributed by atoms with van der Waals surface area (Å²) < 4.78 is 13.4. The Kier molecular flexibility index (Phi) is 3.46. The van der Waals surface area contributed by atoms with Gasteiger partial charge < -0.3 is 10.4 Å². The molecule has 19 heavy (non-hydrogen) atoms. The second-order valence-electron chi connectivity index (χ2n) is 4.11. The van der Waals surface area contributed by atoms with Gasteiger partial charge in [0.2, 0.25) is 11.8 Å². The number of amides is 3. The fourth-order valence-corrected chi connectivity index (χ4v) is 1.80. The summed E-state index contributed by atoms with van der Waals surface area (Å²) >= 11 is 0. The quantitative estimate of drug-likeness (QED) is 0.660. The Labute approximate surface area is 107 Å². The molecule has 1 saturated heterocycles. The molecule has 0 radical (unpaired) electrons. The average Bonchev–Trinajstić information content (AvgIpc) is 2.32. The normalized spacial score (nSPS) is 18.9. The highest BCUT2D eigenvalue weighted by molar-refractivity contribution is 6.04. The molecule has 1 heterocycles. The summed E-state index contributed by atoms with van der Waals surface area (Å²) in [6, 6.07) is 2.54.